The van der Waals surface area contributed by atoms with E-state index in [9.17, 15) is 14.4 Å². The maximum absolute atomic E-state index is 12.3. The summed E-state index contributed by atoms with van der Waals surface area (Å²) in [5.74, 6) is -1.41. The minimum Gasteiger partial charge on any atom is -0.494 e. The summed E-state index contributed by atoms with van der Waals surface area (Å²) in [4.78, 5) is 37.6. The van der Waals surface area contributed by atoms with E-state index in [1.165, 1.54) is 33.3 Å². The minimum atomic E-state index is -0.708. The lowest BCUT2D eigenvalue weighted by molar-refractivity contribution is -0.140. The fourth-order valence-electron chi connectivity index (χ4n) is 2.62. The number of rotatable bonds is 7. The van der Waals surface area contributed by atoms with Gasteiger partial charge in [-0.25, -0.2) is 9.59 Å². The predicted octanol–water partition coefficient (Wildman–Crippen LogP) is 0.674. The molecule has 152 valence electrons. The lowest BCUT2D eigenvalue weighted by Crippen LogP contribution is -2.38. The highest BCUT2D eigenvalue weighted by Crippen LogP contribution is 2.33. The number of ether oxygens (including phenoxy) is 5. The molecular weight excluding hydrogens is 372 g/mol. The first-order chi connectivity index (χ1) is 13.5. The van der Waals surface area contributed by atoms with Crippen LogP contribution in [0.15, 0.2) is 29.5 Å². The van der Waals surface area contributed by atoms with Crippen LogP contribution in [0.2, 0.25) is 0 Å². The molecule has 1 aromatic rings. The molecular formula is C18H22N2O8. The molecule has 0 aliphatic carbocycles. The molecule has 1 amide bonds. The van der Waals surface area contributed by atoms with E-state index in [2.05, 4.69) is 5.32 Å². The molecule has 28 heavy (non-hydrogen) atoms. The van der Waals surface area contributed by atoms with Gasteiger partial charge in [0.05, 0.1) is 39.2 Å². The van der Waals surface area contributed by atoms with Crippen LogP contribution in [0.1, 0.15) is 0 Å². The van der Waals surface area contributed by atoms with Crippen LogP contribution in [0, 0.1) is 0 Å². The van der Waals surface area contributed by atoms with Crippen molar-refractivity contribution in [2.45, 2.75) is 0 Å². The van der Waals surface area contributed by atoms with Gasteiger partial charge in [0.15, 0.2) is 0 Å². The number of carbonyl (C=O) groups excluding carboxylic acids is 3. The summed E-state index contributed by atoms with van der Waals surface area (Å²) in [6, 6.07) is 4.83. The molecule has 0 saturated carbocycles. The number of nitrogens with one attached hydrogen (secondary N) is 1. The van der Waals surface area contributed by atoms with Gasteiger partial charge < -0.3 is 33.9 Å². The largest absolute Gasteiger partial charge is 0.494 e. The van der Waals surface area contributed by atoms with Crippen LogP contribution in [-0.2, 0) is 33.3 Å². The van der Waals surface area contributed by atoms with Gasteiger partial charge in [-0.2, -0.15) is 0 Å². The van der Waals surface area contributed by atoms with Crippen LogP contribution in [0.25, 0.3) is 0 Å². The van der Waals surface area contributed by atoms with E-state index in [4.69, 9.17) is 23.7 Å². The van der Waals surface area contributed by atoms with Crippen molar-refractivity contribution < 1.29 is 38.1 Å². The summed E-state index contributed by atoms with van der Waals surface area (Å²) in [6.07, 6.45) is 0. The Labute approximate surface area is 161 Å². The number of nitrogens with zero attached hydrogens (tertiary/aromatic N) is 1. The summed E-state index contributed by atoms with van der Waals surface area (Å²) in [5, 5.41) is 2.66. The van der Waals surface area contributed by atoms with Crippen LogP contribution >= 0.6 is 0 Å². The molecule has 0 aromatic heterocycles. The molecule has 0 spiro atoms. The molecule has 10 heteroatoms. The molecule has 0 bridgehead atoms. The summed E-state index contributed by atoms with van der Waals surface area (Å²) >= 11 is 0. The summed E-state index contributed by atoms with van der Waals surface area (Å²) in [6.45, 7) is -0.193. The Morgan fingerprint density at radius 2 is 1.82 bits per heavy atom. The SMILES string of the molecule is COCC(=O)Nc1ccc(N2COCC(C(=O)OC)=C2C(=O)OC)cc1OC. The molecule has 1 aliphatic heterocycles. The van der Waals surface area contributed by atoms with E-state index in [1.807, 2.05) is 0 Å². The molecule has 1 aromatic carbocycles. The maximum atomic E-state index is 12.3. The molecule has 10 nitrogen and oxygen atoms in total. The number of carbonyl (C=O) groups is 3. The van der Waals surface area contributed by atoms with Crippen LogP contribution in [0.3, 0.4) is 0 Å². The van der Waals surface area contributed by atoms with Crippen LogP contribution < -0.4 is 15.0 Å². The first-order valence-corrected chi connectivity index (χ1v) is 8.18. The molecule has 2 rings (SSSR count). The number of hydrogen-bond donors (Lipinski definition) is 1. The van der Waals surface area contributed by atoms with Gasteiger partial charge in [0.25, 0.3) is 0 Å². The van der Waals surface area contributed by atoms with Crippen molar-refractivity contribution in [1.29, 1.82) is 0 Å². The van der Waals surface area contributed by atoms with Gasteiger partial charge >= 0.3 is 11.9 Å². The Balaban J connectivity index is 2.45. The van der Waals surface area contributed by atoms with Gasteiger partial charge in [-0.15, -0.1) is 0 Å². The van der Waals surface area contributed by atoms with E-state index < -0.39 is 11.9 Å². The van der Waals surface area contributed by atoms with Crippen molar-refractivity contribution in [3.8, 4) is 5.75 Å². The monoisotopic (exact) mass is 394 g/mol. The molecule has 0 saturated heterocycles. The second-order valence-corrected chi connectivity index (χ2v) is 5.58. The number of methoxy groups -OCH3 is 4. The maximum Gasteiger partial charge on any atom is 0.355 e. The zero-order chi connectivity index (χ0) is 20.7. The summed E-state index contributed by atoms with van der Waals surface area (Å²) < 4.78 is 25.1. The standard InChI is InChI=1S/C18H22N2O8/c1-24-9-15(21)19-13-6-5-11(7-14(13)25-2)20-10-28-8-12(17(22)26-3)16(20)18(23)27-4/h5-7H,8-10H2,1-4H3,(H,19,21). The van der Waals surface area contributed by atoms with Gasteiger partial charge in [-0.1, -0.05) is 0 Å². The van der Waals surface area contributed by atoms with Crippen molar-refractivity contribution in [2.75, 3.05) is 58.6 Å². The topological polar surface area (TPSA) is 113 Å². The number of esters is 2. The van der Waals surface area contributed by atoms with E-state index in [0.717, 1.165) is 0 Å². The van der Waals surface area contributed by atoms with Crippen molar-refractivity contribution in [3.63, 3.8) is 0 Å². The van der Waals surface area contributed by atoms with E-state index in [1.54, 1.807) is 18.2 Å². The van der Waals surface area contributed by atoms with Crippen molar-refractivity contribution in [2.24, 2.45) is 0 Å². The van der Waals surface area contributed by atoms with Gasteiger partial charge in [0.1, 0.15) is 24.8 Å². The van der Waals surface area contributed by atoms with Crippen LogP contribution in [-0.4, -0.2) is 66.2 Å². The number of benzene rings is 1. The Bertz CT molecular complexity index is 790. The van der Waals surface area contributed by atoms with Crippen molar-refractivity contribution in [1.82, 2.24) is 0 Å². The summed E-state index contributed by atoms with van der Waals surface area (Å²) in [7, 11) is 5.28. The number of amides is 1. The smallest absolute Gasteiger partial charge is 0.355 e. The van der Waals surface area contributed by atoms with E-state index in [-0.39, 0.29) is 37.1 Å². The Kier molecular flexibility index (Phi) is 7.36. The molecule has 0 radical (unpaired) electrons. The minimum absolute atomic E-state index is 0.00343. The molecule has 0 unspecified atom stereocenters. The zero-order valence-electron chi connectivity index (χ0n) is 16.1. The molecule has 0 fully saturated rings. The lowest BCUT2D eigenvalue weighted by Gasteiger charge is -2.31. The Hall–Kier alpha value is -3.11. The average molecular weight is 394 g/mol. The lowest BCUT2D eigenvalue weighted by atomic mass is 10.1. The van der Waals surface area contributed by atoms with Gasteiger partial charge in [0, 0.05) is 18.9 Å². The first kappa shape index (κ1) is 21.2. The number of hydrogen-bond acceptors (Lipinski definition) is 9. The predicted molar refractivity (Wildman–Crippen MR) is 97.9 cm³/mol. The fraction of sp³-hybridized carbons (Fsp3) is 0.389. The molecule has 1 aliphatic rings. The normalized spacial score (nSPS) is 13.8. The molecule has 1 N–H and O–H groups in total. The van der Waals surface area contributed by atoms with E-state index >= 15 is 0 Å². The van der Waals surface area contributed by atoms with Gasteiger partial charge in [-0.3, -0.25) is 4.79 Å². The average Bonchev–Trinajstić information content (AvgIpc) is 2.72. The third kappa shape index (κ3) is 4.59. The first-order valence-electron chi connectivity index (χ1n) is 8.18. The Morgan fingerprint density at radius 1 is 1.11 bits per heavy atom. The third-order valence-electron chi connectivity index (χ3n) is 3.88. The van der Waals surface area contributed by atoms with Crippen molar-refractivity contribution >= 4 is 29.2 Å². The highest BCUT2D eigenvalue weighted by atomic mass is 16.5. The zero-order valence-corrected chi connectivity index (χ0v) is 16.1. The quantitative estimate of drug-likeness (QED) is 0.667. The summed E-state index contributed by atoms with van der Waals surface area (Å²) in [5.41, 5.74) is 0.960. The third-order valence-corrected chi connectivity index (χ3v) is 3.88. The number of anilines is 2. The molecule has 1 heterocycles. The van der Waals surface area contributed by atoms with Crippen LogP contribution in [0.5, 0.6) is 5.75 Å². The van der Waals surface area contributed by atoms with Gasteiger partial charge in [0.2, 0.25) is 5.91 Å². The van der Waals surface area contributed by atoms with Crippen LogP contribution in [0.4, 0.5) is 11.4 Å². The highest BCUT2D eigenvalue weighted by molar-refractivity contribution is 6.03. The highest BCUT2D eigenvalue weighted by Gasteiger charge is 2.32. The fourth-order valence-corrected chi connectivity index (χ4v) is 2.62. The molecule has 0 atom stereocenters. The van der Waals surface area contributed by atoms with E-state index in [0.29, 0.717) is 17.1 Å². The second-order valence-electron chi connectivity index (χ2n) is 5.58. The Morgan fingerprint density at radius 3 is 2.43 bits per heavy atom. The van der Waals surface area contributed by atoms with Crippen molar-refractivity contribution in [3.05, 3.63) is 29.5 Å². The second kappa shape index (κ2) is 9.72. The van der Waals surface area contributed by atoms with Gasteiger partial charge in [-0.05, 0) is 12.1 Å².